The van der Waals surface area contributed by atoms with Crippen LogP contribution in [0.4, 0.5) is 5.82 Å². The van der Waals surface area contributed by atoms with Gasteiger partial charge in [0.2, 0.25) is 0 Å². The Balaban J connectivity index is 1.52. The highest BCUT2D eigenvalue weighted by Gasteiger charge is 2.17. The molecule has 1 N–H and O–H groups in total. The lowest BCUT2D eigenvalue weighted by Crippen LogP contribution is -2.44. The molecule has 1 aliphatic heterocycles. The quantitative estimate of drug-likeness (QED) is 0.815. The molecule has 0 amide bonds. The molecule has 1 fully saturated rings. The second-order valence-corrected chi connectivity index (χ2v) is 5.51. The Labute approximate surface area is 140 Å². The minimum atomic E-state index is 0.403. The average Bonchev–Trinajstić information content (AvgIpc) is 2.61. The summed E-state index contributed by atoms with van der Waals surface area (Å²) in [6.45, 7) is 4.51. The van der Waals surface area contributed by atoms with Crippen LogP contribution in [-0.4, -0.2) is 49.4 Å². The van der Waals surface area contributed by atoms with Crippen molar-refractivity contribution in [3.8, 4) is 11.6 Å². The van der Waals surface area contributed by atoms with Crippen molar-refractivity contribution in [1.82, 2.24) is 15.3 Å². The highest BCUT2D eigenvalue weighted by atomic mass is 35.5. The van der Waals surface area contributed by atoms with E-state index in [0.29, 0.717) is 24.1 Å². The molecule has 0 radical (unpaired) electrons. The van der Waals surface area contributed by atoms with Gasteiger partial charge in [-0.25, -0.2) is 9.97 Å². The van der Waals surface area contributed by atoms with Crippen molar-refractivity contribution in [1.29, 1.82) is 0 Å². The summed E-state index contributed by atoms with van der Waals surface area (Å²) in [7, 11) is 0. The molecule has 0 spiro atoms. The fourth-order valence-corrected chi connectivity index (χ4v) is 2.47. The number of halogens is 1. The monoisotopic (exact) mass is 334 g/mol. The van der Waals surface area contributed by atoms with Crippen LogP contribution < -0.4 is 19.7 Å². The smallest absolute Gasteiger partial charge is 0.257 e. The van der Waals surface area contributed by atoms with Gasteiger partial charge >= 0.3 is 0 Å². The number of nitrogens with zero attached hydrogens (tertiary/aromatic N) is 3. The summed E-state index contributed by atoms with van der Waals surface area (Å²) < 4.78 is 11.4. The third kappa shape index (κ3) is 4.46. The predicted octanol–water partition coefficient (Wildman–Crippen LogP) is 2.00. The Hall–Kier alpha value is -2.05. The van der Waals surface area contributed by atoms with E-state index in [4.69, 9.17) is 21.1 Å². The molecule has 1 aromatic heterocycles. The Bertz CT molecular complexity index is 618. The molecular formula is C16H19ClN4O2. The molecule has 2 aromatic rings. The largest absolute Gasteiger partial charge is 0.490 e. The van der Waals surface area contributed by atoms with Gasteiger partial charge in [0, 0.05) is 43.6 Å². The molecule has 0 saturated carbocycles. The van der Waals surface area contributed by atoms with Crippen LogP contribution >= 0.6 is 11.6 Å². The molecule has 0 aliphatic carbocycles. The van der Waals surface area contributed by atoms with E-state index in [9.17, 15) is 0 Å². The Morgan fingerprint density at radius 1 is 1.00 bits per heavy atom. The van der Waals surface area contributed by atoms with Crippen LogP contribution in [-0.2, 0) is 0 Å². The van der Waals surface area contributed by atoms with Gasteiger partial charge in [-0.2, -0.15) is 0 Å². The third-order valence-corrected chi connectivity index (χ3v) is 3.72. The molecule has 0 atom stereocenters. The average molecular weight is 335 g/mol. The number of hydrogen-bond acceptors (Lipinski definition) is 6. The van der Waals surface area contributed by atoms with E-state index in [0.717, 1.165) is 37.7 Å². The van der Waals surface area contributed by atoms with Gasteiger partial charge in [0.1, 0.15) is 19.0 Å². The number of piperazine rings is 1. The lowest BCUT2D eigenvalue weighted by molar-refractivity contribution is 0.211. The summed E-state index contributed by atoms with van der Waals surface area (Å²) in [5, 5.41) is 4.01. The van der Waals surface area contributed by atoms with E-state index in [1.54, 1.807) is 24.5 Å². The first-order valence-electron chi connectivity index (χ1n) is 7.61. The maximum Gasteiger partial charge on any atom is 0.257 e. The molecule has 23 heavy (non-hydrogen) atoms. The van der Waals surface area contributed by atoms with Crippen LogP contribution in [0.2, 0.25) is 5.02 Å². The first-order valence-corrected chi connectivity index (χ1v) is 7.98. The van der Waals surface area contributed by atoms with E-state index in [1.165, 1.54) is 0 Å². The Morgan fingerprint density at radius 3 is 2.48 bits per heavy atom. The summed E-state index contributed by atoms with van der Waals surface area (Å²) in [6.07, 6.45) is 3.33. The van der Waals surface area contributed by atoms with E-state index in [1.807, 2.05) is 12.1 Å². The predicted molar refractivity (Wildman–Crippen MR) is 89.6 cm³/mol. The summed E-state index contributed by atoms with van der Waals surface area (Å²) in [5.74, 6) is 2.11. The second kappa shape index (κ2) is 7.99. The highest BCUT2D eigenvalue weighted by Crippen LogP contribution is 2.22. The van der Waals surface area contributed by atoms with Gasteiger partial charge in [-0.1, -0.05) is 11.6 Å². The van der Waals surface area contributed by atoms with Gasteiger partial charge in [0.05, 0.1) is 0 Å². The molecule has 3 rings (SSSR count). The van der Waals surface area contributed by atoms with E-state index >= 15 is 0 Å². The van der Waals surface area contributed by atoms with Gasteiger partial charge < -0.3 is 19.7 Å². The Morgan fingerprint density at radius 2 is 1.70 bits per heavy atom. The van der Waals surface area contributed by atoms with Crippen molar-refractivity contribution in [2.45, 2.75) is 0 Å². The van der Waals surface area contributed by atoms with E-state index in [2.05, 4.69) is 20.2 Å². The lowest BCUT2D eigenvalue weighted by atomic mass is 10.3. The minimum absolute atomic E-state index is 0.403. The Kier molecular flexibility index (Phi) is 5.50. The summed E-state index contributed by atoms with van der Waals surface area (Å²) in [6, 6.07) is 7.25. The fourth-order valence-electron chi connectivity index (χ4n) is 2.34. The van der Waals surface area contributed by atoms with Crippen LogP contribution in [0.1, 0.15) is 0 Å². The van der Waals surface area contributed by atoms with Gasteiger partial charge in [-0.3, -0.25) is 0 Å². The van der Waals surface area contributed by atoms with Gasteiger partial charge in [0.25, 0.3) is 5.88 Å². The number of benzene rings is 1. The maximum absolute atomic E-state index is 5.84. The van der Waals surface area contributed by atoms with Crippen molar-refractivity contribution >= 4 is 17.4 Å². The van der Waals surface area contributed by atoms with Crippen LogP contribution in [0.25, 0.3) is 0 Å². The number of anilines is 1. The van der Waals surface area contributed by atoms with Gasteiger partial charge in [0.15, 0.2) is 5.82 Å². The molecule has 122 valence electrons. The number of rotatable bonds is 6. The highest BCUT2D eigenvalue weighted by molar-refractivity contribution is 6.30. The van der Waals surface area contributed by atoms with E-state index < -0.39 is 0 Å². The number of nitrogens with one attached hydrogen (secondary N) is 1. The lowest BCUT2D eigenvalue weighted by Gasteiger charge is -2.28. The van der Waals surface area contributed by atoms with Crippen molar-refractivity contribution in [3.63, 3.8) is 0 Å². The minimum Gasteiger partial charge on any atom is -0.490 e. The van der Waals surface area contributed by atoms with Crippen LogP contribution in [0, 0.1) is 0 Å². The molecule has 2 heterocycles. The second-order valence-electron chi connectivity index (χ2n) is 5.07. The summed E-state index contributed by atoms with van der Waals surface area (Å²) in [4.78, 5) is 10.9. The number of aromatic nitrogens is 2. The van der Waals surface area contributed by atoms with E-state index in [-0.39, 0.29) is 0 Å². The maximum atomic E-state index is 5.84. The topological polar surface area (TPSA) is 59.5 Å². The zero-order valence-corrected chi connectivity index (χ0v) is 13.5. The zero-order chi connectivity index (χ0) is 15.9. The van der Waals surface area contributed by atoms with Crippen LogP contribution in [0.3, 0.4) is 0 Å². The fraction of sp³-hybridized carbons (Fsp3) is 0.375. The number of ether oxygens (including phenoxy) is 2. The molecule has 1 aliphatic rings. The molecule has 0 bridgehead atoms. The molecule has 6 nitrogen and oxygen atoms in total. The molecule has 0 unspecified atom stereocenters. The summed E-state index contributed by atoms with van der Waals surface area (Å²) >= 11 is 5.84. The summed E-state index contributed by atoms with van der Waals surface area (Å²) in [5.41, 5.74) is 0. The molecule has 7 heteroatoms. The van der Waals surface area contributed by atoms with Crippen LogP contribution in [0.15, 0.2) is 36.7 Å². The molecule has 1 aromatic carbocycles. The zero-order valence-electron chi connectivity index (χ0n) is 12.7. The van der Waals surface area contributed by atoms with Crippen molar-refractivity contribution in [2.75, 3.05) is 44.3 Å². The van der Waals surface area contributed by atoms with Crippen molar-refractivity contribution in [3.05, 3.63) is 41.7 Å². The SMILES string of the molecule is Clc1ccc(OCCOc2nccnc2N2CCNCC2)cc1. The normalized spacial score (nSPS) is 14.6. The standard InChI is InChI=1S/C16H19ClN4O2/c17-13-1-3-14(4-2-13)22-11-12-23-16-15(19-5-6-20-16)21-9-7-18-8-10-21/h1-6,18H,7-12H2. The van der Waals surface area contributed by atoms with Crippen molar-refractivity contribution in [2.24, 2.45) is 0 Å². The first kappa shape index (κ1) is 15.8. The van der Waals surface area contributed by atoms with Gasteiger partial charge in [-0.15, -0.1) is 0 Å². The third-order valence-electron chi connectivity index (χ3n) is 3.47. The molecule has 1 saturated heterocycles. The molecular weight excluding hydrogens is 316 g/mol. The van der Waals surface area contributed by atoms with Crippen molar-refractivity contribution < 1.29 is 9.47 Å². The van der Waals surface area contributed by atoms with Gasteiger partial charge in [-0.05, 0) is 24.3 Å². The van der Waals surface area contributed by atoms with Crippen LogP contribution in [0.5, 0.6) is 11.6 Å². The first-order chi connectivity index (χ1) is 11.3. The number of hydrogen-bond donors (Lipinski definition) is 1.